The van der Waals surface area contributed by atoms with Gasteiger partial charge >= 0.3 is 5.97 Å². The number of carbonyl (C=O) groups excluding carboxylic acids is 1. The second-order valence-corrected chi connectivity index (χ2v) is 5.54. The largest absolute Gasteiger partial charge is 0.481 e. The molecule has 0 aromatic carbocycles. The number of nitrogens with zero attached hydrogens (tertiary/aromatic N) is 1. The van der Waals surface area contributed by atoms with Crippen LogP contribution in [-0.4, -0.2) is 48.2 Å². The Balaban J connectivity index is 2.78. The van der Waals surface area contributed by atoms with Crippen molar-refractivity contribution in [2.45, 2.75) is 33.7 Å². The fraction of sp³-hybridized carbons (Fsp3) is 0.846. The van der Waals surface area contributed by atoms with E-state index in [0.717, 1.165) is 0 Å². The summed E-state index contributed by atoms with van der Waals surface area (Å²) in [5, 5.41) is 9.11. The van der Waals surface area contributed by atoms with Crippen molar-refractivity contribution in [3.63, 3.8) is 0 Å². The minimum absolute atomic E-state index is 0.0293. The highest BCUT2D eigenvalue weighted by Gasteiger charge is 2.66. The Kier molecular flexibility index (Phi) is 4.37. The van der Waals surface area contributed by atoms with Gasteiger partial charge in [0.15, 0.2) is 0 Å². The fourth-order valence-electron chi connectivity index (χ4n) is 2.75. The zero-order valence-electron chi connectivity index (χ0n) is 11.8. The molecule has 0 radical (unpaired) electrons. The number of hydrogen-bond donors (Lipinski definition) is 1. The summed E-state index contributed by atoms with van der Waals surface area (Å²) in [5.41, 5.74) is -0.441. The molecule has 1 aliphatic carbocycles. The van der Waals surface area contributed by atoms with Crippen molar-refractivity contribution in [2.24, 2.45) is 17.3 Å². The number of aliphatic carboxylic acids is 1. The smallest absolute Gasteiger partial charge is 0.307 e. The van der Waals surface area contributed by atoms with Crippen molar-refractivity contribution in [3.8, 4) is 0 Å². The van der Waals surface area contributed by atoms with Crippen molar-refractivity contribution >= 4 is 11.9 Å². The maximum atomic E-state index is 12.4. The number of hydrogen-bond acceptors (Lipinski definition) is 3. The summed E-state index contributed by atoms with van der Waals surface area (Å²) in [4.78, 5) is 25.2. The maximum absolute atomic E-state index is 12.4. The Labute approximate surface area is 108 Å². The van der Waals surface area contributed by atoms with Gasteiger partial charge < -0.3 is 14.7 Å². The molecule has 3 unspecified atom stereocenters. The third kappa shape index (κ3) is 2.51. The molecule has 5 nitrogen and oxygen atoms in total. The number of ether oxygens (including phenoxy) is 1. The van der Waals surface area contributed by atoms with E-state index in [-0.39, 0.29) is 11.9 Å². The van der Waals surface area contributed by atoms with E-state index in [1.807, 2.05) is 27.7 Å². The van der Waals surface area contributed by atoms with Crippen LogP contribution in [0.15, 0.2) is 0 Å². The molecule has 1 saturated carbocycles. The summed E-state index contributed by atoms with van der Waals surface area (Å²) >= 11 is 0. The van der Waals surface area contributed by atoms with Crippen LogP contribution in [0.3, 0.4) is 0 Å². The van der Waals surface area contributed by atoms with E-state index in [0.29, 0.717) is 13.2 Å². The normalized spacial score (nSPS) is 26.5. The number of carboxylic acids is 1. The van der Waals surface area contributed by atoms with E-state index in [1.165, 1.54) is 0 Å². The van der Waals surface area contributed by atoms with Crippen molar-refractivity contribution in [1.82, 2.24) is 4.90 Å². The molecule has 5 heteroatoms. The van der Waals surface area contributed by atoms with Crippen LogP contribution in [-0.2, 0) is 14.3 Å². The number of likely N-dealkylation sites (N-methyl/N-ethyl adjacent to an activating group) is 1. The lowest BCUT2D eigenvalue weighted by molar-refractivity contribution is -0.143. The first-order chi connectivity index (χ1) is 8.28. The monoisotopic (exact) mass is 257 g/mol. The molecular formula is C13H23NO4. The summed E-state index contributed by atoms with van der Waals surface area (Å²) in [6.45, 7) is 8.52. The van der Waals surface area contributed by atoms with Gasteiger partial charge in [-0.25, -0.2) is 0 Å². The van der Waals surface area contributed by atoms with Crippen LogP contribution >= 0.6 is 0 Å². The summed E-state index contributed by atoms with van der Waals surface area (Å²) in [6, 6.07) is -0.0293. The van der Waals surface area contributed by atoms with Crippen LogP contribution < -0.4 is 0 Å². The zero-order valence-corrected chi connectivity index (χ0v) is 11.8. The highest BCUT2D eigenvalue weighted by atomic mass is 16.5. The molecule has 1 fully saturated rings. The van der Waals surface area contributed by atoms with Gasteiger partial charge in [0, 0.05) is 13.7 Å². The van der Waals surface area contributed by atoms with E-state index in [4.69, 9.17) is 9.84 Å². The van der Waals surface area contributed by atoms with Crippen LogP contribution in [0, 0.1) is 17.3 Å². The molecular weight excluding hydrogens is 234 g/mol. The quantitative estimate of drug-likeness (QED) is 0.777. The Morgan fingerprint density at radius 3 is 2.28 bits per heavy atom. The number of rotatable bonds is 6. The van der Waals surface area contributed by atoms with Crippen molar-refractivity contribution in [1.29, 1.82) is 0 Å². The summed E-state index contributed by atoms with van der Waals surface area (Å²) in [6.07, 6.45) is 0. The lowest BCUT2D eigenvalue weighted by Crippen LogP contribution is -2.42. The molecule has 104 valence electrons. The van der Waals surface area contributed by atoms with Crippen LogP contribution in [0.4, 0.5) is 0 Å². The molecule has 0 saturated heterocycles. The summed E-state index contributed by atoms with van der Waals surface area (Å²) in [5.74, 6) is -1.92. The molecule has 0 bridgehead atoms. The molecule has 1 aliphatic rings. The third-order valence-electron chi connectivity index (χ3n) is 3.92. The standard InChI is InChI=1S/C13H23NO4/c1-6-14(8(2)7-18-5)11(15)9-10(12(16)17)13(9,3)4/h8-10H,6-7H2,1-5H3,(H,16,17). The minimum Gasteiger partial charge on any atom is -0.481 e. The molecule has 0 heterocycles. The van der Waals surface area contributed by atoms with Crippen molar-refractivity contribution in [2.75, 3.05) is 20.3 Å². The summed E-state index contributed by atoms with van der Waals surface area (Å²) in [7, 11) is 1.59. The lowest BCUT2D eigenvalue weighted by Gasteiger charge is -2.28. The first-order valence-electron chi connectivity index (χ1n) is 6.31. The molecule has 3 atom stereocenters. The van der Waals surface area contributed by atoms with Gasteiger partial charge in [0.2, 0.25) is 5.91 Å². The molecule has 18 heavy (non-hydrogen) atoms. The van der Waals surface area contributed by atoms with Gasteiger partial charge in [-0.1, -0.05) is 13.8 Å². The predicted molar refractivity (Wildman–Crippen MR) is 67.1 cm³/mol. The topological polar surface area (TPSA) is 66.8 Å². The Morgan fingerprint density at radius 1 is 1.39 bits per heavy atom. The van der Waals surface area contributed by atoms with Crippen LogP contribution in [0.5, 0.6) is 0 Å². The number of amides is 1. The van der Waals surface area contributed by atoms with E-state index < -0.39 is 23.2 Å². The second kappa shape index (κ2) is 5.26. The van der Waals surface area contributed by atoms with Gasteiger partial charge in [-0.05, 0) is 19.3 Å². The maximum Gasteiger partial charge on any atom is 0.307 e. The Morgan fingerprint density at radius 2 is 1.94 bits per heavy atom. The minimum atomic E-state index is -0.881. The van der Waals surface area contributed by atoms with Crippen LogP contribution in [0.25, 0.3) is 0 Å². The molecule has 1 N–H and O–H groups in total. The van der Waals surface area contributed by atoms with E-state index in [1.54, 1.807) is 12.0 Å². The Hall–Kier alpha value is -1.10. The molecule has 0 aromatic rings. The zero-order chi connectivity index (χ0) is 14.1. The summed E-state index contributed by atoms with van der Waals surface area (Å²) < 4.78 is 5.05. The average Bonchev–Trinajstić information content (AvgIpc) is 2.83. The van der Waals surface area contributed by atoms with Crippen molar-refractivity contribution < 1.29 is 19.4 Å². The van der Waals surface area contributed by atoms with E-state index >= 15 is 0 Å². The van der Waals surface area contributed by atoms with Crippen LogP contribution in [0.2, 0.25) is 0 Å². The van der Waals surface area contributed by atoms with Gasteiger partial charge in [-0.2, -0.15) is 0 Å². The number of methoxy groups -OCH3 is 1. The molecule has 0 aromatic heterocycles. The molecule has 1 amide bonds. The SMILES string of the molecule is CCN(C(=O)C1C(C(=O)O)C1(C)C)C(C)COC. The highest BCUT2D eigenvalue weighted by molar-refractivity contribution is 5.91. The van der Waals surface area contributed by atoms with Crippen molar-refractivity contribution in [3.05, 3.63) is 0 Å². The number of carbonyl (C=O) groups is 2. The first-order valence-corrected chi connectivity index (χ1v) is 6.31. The second-order valence-electron chi connectivity index (χ2n) is 5.54. The number of carboxylic acid groups (broad SMARTS) is 1. The van der Waals surface area contributed by atoms with Gasteiger partial charge in [-0.15, -0.1) is 0 Å². The lowest BCUT2D eigenvalue weighted by atomic mass is 10.1. The third-order valence-corrected chi connectivity index (χ3v) is 3.92. The first kappa shape index (κ1) is 15.0. The predicted octanol–water partition coefficient (Wildman–Crippen LogP) is 1.23. The fourth-order valence-corrected chi connectivity index (χ4v) is 2.75. The van der Waals surface area contributed by atoms with Gasteiger partial charge in [-0.3, -0.25) is 9.59 Å². The Bertz CT molecular complexity index is 340. The molecule has 1 rings (SSSR count). The van der Waals surface area contributed by atoms with Gasteiger partial charge in [0.05, 0.1) is 24.5 Å². The average molecular weight is 257 g/mol. The van der Waals surface area contributed by atoms with Gasteiger partial charge in [0.1, 0.15) is 0 Å². The molecule has 0 spiro atoms. The van der Waals surface area contributed by atoms with E-state index in [9.17, 15) is 9.59 Å². The van der Waals surface area contributed by atoms with Gasteiger partial charge in [0.25, 0.3) is 0 Å². The van der Waals surface area contributed by atoms with E-state index in [2.05, 4.69) is 0 Å². The van der Waals surface area contributed by atoms with Crippen LogP contribution in [0.1, 0.15) is 27.7 Å². The highest BCUT2D eigenvalue weighted by Crippen LogP contribution is 2.59. The molecule has 0 aliphatic heterocycles.